The van der Waals surface area contributed by atoms with E-state index < -0.39 is 0 Å². The van der Waals surface area contributed by atoms with E-state index in [4.69, 9.17) is 0 Å². The number of thiazole rings is 1. The van der Waals surface area contributed by atoms with Crippen molar-refractivity contribution in [1.29, 1.82) is 0 Å². The van der Waals surface area contributed by atoms with Gasteiger partial charge < -0.3 is 0 Å². The maximum absolute atomic E-state index is 12.0. The summed E-state index contributed by atoms with van der Waals surface area (Å²) in [4.78, 5) is 16.1. The Morgan fingerprint density at radius 1 is 1.50 bits per heavy atom. The summed E-state index contributed by atoms with van der Waals surface area (Å²) < 4.78 is 2.05. The van der Waals surface area contributed by atoms with Gasteiger partial charge in [0.25, 0.3) is 5.56 Å². The first kappa shape index (κ1) is 11.6. The van der Waals surface area contributed by atoms with Crippen LogP contribution in [0.15, 0.2) is 20.8 Å². The van der Waals surface area contributed by atoms with Gasteiger partial charge in [0.1, 0.15) is 4.47 Å². The molecule has 6 heteroatoms. The lowest BCUT2D eigenvalue weighted by atomic mass is 9.93. The van der Waals surface area contributed by atoms with E-state index in [0.717, 1.165) is 5.69 Å². The van der Waals surface area contributed by atoms with Gasteiger partial charge in [-0.05, 0) is 15.9 Å². The lowest BCUT2D eigenvalue weighted by Gasteiger charge is -2.16. The van der Waals surface area contributed by atoms with Gasteiger partial charge >= 0.3 is 0 Å². The van der Waals surface area contributed by atoms with E-state index in [-0.39, 0.29) is 11.0 Å². The van der Waals surface area contributed by atoms with E-state index in [1.807, 2.05) is 5.38 Å². The molecule has 16 heavy (non-hydrogen) atoms. The molecule has 0 fully saturated rings. The van der Waals surface area contributed by atoms with Crippen molar-refractivity contribution in [3.05, 3.63) is 32.1 Å². The quantitative estimate of drug-likeness (QED) is 0.880. The number of aromatic nitrogens is 3. The second-order valence-corrected chi connectivity index (χ2v) is 6.17. The first-order valence-electron chi connectivity index (χ1n) is 4.82. The van der Waals surface area contributed by atoms with Gasteiger partial charge in [-0.1, -0.05) is 20.8 Å². The fourth-order valence-corrected chi connectivity index (χ4v) is 2.83. The Balaban J connectivity index is 2.64. The smallest absolute Gasteiger partial charge is 0.287 e. The minimum atomic E-state index is -0.111. The first-order valence-corrected chi connectivity index (χ1v) is 6.49. The molecule has 0 aliphatic rings. The van der Waals surface area contributed by atoms with Gasteiger partial charge in [-0.15, -0.1) is 11.3 Å². The standard InChI is InChI=1S/C10H12BrN3OS/c1-10(2,3)7-6(11)8(15)14(13-7)9-12-4-5-16-9/h4-5,13H,1-3H3. The summed E-state index contributed by atoms with van der Waals surface area (Å²) in [5, 5.41) is 5.59. The topological polar surface area (TPSA) is 50.7 Å². The number of H-pyrrole nitrogens is 1. The zero-order valence-electron chi connectivity index (χ0n) is 9.24. The van der Waals surface area contributed by atoms with E-state index in [2.05, 4.69) is 46.8 Å². The van der Waals surface area contributed by atoms with E-state index in [0.29, 0.717) is 9.60 Å². The van der Waals surface area contributed by atoms with Crippen molar-refractivity contribution in [2.24, 2.45) is 0 Å². The van der Waals surface area contributed by atoms with E-state index in [1.165, 1.54) is 16.0 Å². The lowest BCUT2D eigenvalue weighted by molar-refractivity contribution is 0.557. The Bertz CT molecular complexity index is 548. The van der Waals surface area contributed by atoms with Crippen molar-refractivity contribution in [2.45, 2.75) is 26.2 Å². The van der Waals surface area contributed by atoms with Crippen molar-refractivity contribution < 1.29 is 0 Å². The van der Waals surface area contributed by atoms with Crippen LogP contribution in [0, 0.1) is 0 Å². The molecule has 0 amide bonds. The van der Waals surface area contributed by atoms with Crippen LogP contribution in [0.1, 0.15) is 26.5 Å². The second kappa shape index (κ2) is 3.85. The maximum Gasteiger partial charge on any atom is 0.287 e. The number of halogens is 1. The molecule has 0 saturated heterocycles. The van der Waals surface area contributed by atoms with E-state index >= 15 is 0 Å². The van der Waals surface area contributed by atoms with Crippen molar-refractivity contribution >= 4 is 27.3 Å². The molecule has 86 valence electrons. The molecule has 4 nitrogen and oxygen atoms in total. The first-order chi connectivity index (χ1) is 7.41. The highest BCUT2D eigenvalue weighted by Crippen LogP contribution is 2.26. The summed E-state index contributed by atoms with van der Waals surface area (Å²) in [6.07, 6.45) is 1.68. The Morgan fingerprint density at radius 2 is 2.19 bits per heavy atom. The van der Waals surface area contributed by atoms with E-state index in [1.54, 1.807) is 6.20 Å². The number of hydrogen-bond donors (Lipinski definition) is 1. The summed E-state index contributed by atoms with van der Waals surface area (Å²) >= 11 is 4.76. The summed E-state index contributed by atoms with van der Waals surface area (Å²) in [6, 6.07) is 0. The molecule has 0 unspecified atom stereocenters. The molecule has 1 N–H and O–H groups in total. The van der Waals surface area contributed by atoms with E-state index in [9.17, 15) is 4.79 Å². The molecule has 0 spiro atoms. The van der Waals surface area contributed by atoms with Crippen LogP contribution in [0.2, 0.25) is 0 Å². The molecule has 0 radical (unpaired) electrons. The maximum atomic E-state index is 12.0. The SMILES string of the molecule is CC(C)(C)c1[nH]n(-c2nccs2)c(=O)c1Br. The van der Waals surface area contributed by atoms with Gasteiger partial charge in [0, 0.05) is 17.0 Å². The number of aromatic amines is 1. The highest BCUT2D eigenvalue weighted by atomic mass is 79.9. The highest BCUT2D eigenvalue weighted by Gasteiger charge is 2.23. The van der Waals surface area contributed by atoms with Gasteiger partial charge in [-0.3, -0.25) is 9.89 Å². The molecule has 0 bridgehead atoms. The number of nitrogens with one attached hydrogen (secondary N) is 1. The third-order valence-electron chi connectivity index (χ3n) is 2.19. The second-order valence-electron chi connectivity index (χ2n) is 4.51. The van der Waals surface area contributed by atoms with Crippen molar-refractivity contribution in [1.82, 2.24) is 14.8 Å². The fourth-order valence-electron chi connectivity index (χ4n) is 1.37. The van der Waals surface area contributed by atoms with Gasteiger partial charge in [0.15, 0.2) is 0 Å². The third kappa shape index (κ3) is 1.87. The van der Waals surface area contributed by atoms with Crippen LogP contribution >= 0.6 is 27.3 Å². The molecule has 0 atom stereocenters. The van der Waals surface area contributed by atoms with Crippen molar-refractivity contribution in [3.63, 3.8) is 0 Å². The Morgan fingerprint density at radius 3 is 2.62 bits per heavy atom. The Labute approximate surface area is 105 Å². The van der Waals surface area contributed by atoms with Crippen molar-refractivity contribution in [3.8, 4) is 5.13 Å². The molecular formula is C10H12BrN3OS. The molecule has 2 aromatic heterocycles. The Kier molecular flexibility index (Phi) is 2.79. The number of hydrogen-bond acceptors (Lipinski definition) is 3. The molecular weight excluding hydrogens is 290 g/mol. The molecule has 2 heterocycles. The Hall–Kier alpha value is -0.880. The molecule has 2 aromatic rings. The molecule has 0 aliphatic carbocycles. The largest absolute Gasteiger partial charge is 0.291 e. The average molecular weight is 302 g/mol. The zero-order chi connectivity index (χ0) is 11.9. The monoisotopic (exact) mass is 301 g/mol. The van der Waals surface area contributed by atoms with Gasteiger partial charge in [0.05, 0.1) is 5.69 Å². The summed E-state index contributed by atoms with van der Waals surface area (Å²) in [5.41, 5.74) is 0.674. The minimum absolute atomic E-state index is 0.0973. The molecule has 2 rings (SSSR count). The zero-order valence-corrected chi connectivity index (χ0v) is 11.6. The summed E-state index contributed by atoms with van der Waals surface area (Å²) in [7, 11) is 0. The minimum Gasteiger partial charge on any atom is -0.291 e. The van der Waals surface area contributed by atoms with Crippen LogP contribution in [0.3, 0.4) is 0 Å². The molecule has 0 aliphatic heterocycles. The van der Waals surface area contributed by atoms with Crippen LogP contribution < -0.4 is 5.56 Å². The van der Waals surface area contributed by atoms with Crippen LogP contribution in [-0.2, 0) is 5.41 Å². The lowest BCUT2D eigenvalue weighted by Crippen LogP contribution is -2.14. The van der Waals surface area contributed by atoms with Gasteiger partial charge in [-0.2, -0.15) is 4.68 Å². The predicted octanol–water partition coefficient (Wildman–Crippen LogP) is 2.68. The summed E-state index contributed by atoms with van der Waals surface area (Å²) in [5.74, 6) is 0. The number of rotatable bonds is 1. The summed E-state index contributed by atoms with van der Waals surface area (Å²) in [6.45, 7) is 6.15. The fraction of sp³-hybridized carbons (Fsp3) is 0.400. The van der Waals surface area contributed by atoms with Crippen LogP contribution in [0.5, 0.6) is 0 Å². The number of nitrogens with zero attached hydrogens (tertiary/aromatic N) is 2. The van der Waals surface area contributed by atoms with Gasteiger partial charge in [0.2, 0.25) is 5.13 Å². The predicted molar refractivity (Wildman–Crippen MR) is 68.5 cm³/mol. The van der Waals surface area contributed by atoms with Crippen LogP contribution in [0.4, 0.5) is 0 Å². The van der Waals surface area contributed by atoms with Crippen molar-refractivity contribution in [2.75, 3.05) is 0 Å². The molecule has 0 aromatic carbocycles. The van der Waals surface area contributed by atoms with Crippen LogP contribution in [0.25, 0.3) is 5.13 Å². The molecule has 0 saturated carbocycles. The highest BCUT2D eigenvalue weighted by molar-refractivity contribution is 9.10. The van der Waals surface area contributed by atoms with Crippen LogP contribution in [-0.4, -0.2) is 14.8 Å². The third-order valence-corrected chi connectivity index (χ3v) is 3.69. The van der Waals surface area contributed by atoms with Gasteiger partial charge in [-0.25, -0.2) is 4.98 Å². The normalized spacial score (nSPS) is 12.0. The average Bonchev–Trinajstić information content (AvgIpc) is 2.75.